The minimum absolute atomic E-state index is 0.692. The van der Waals surface area contributed by atoms with Gasteiger partial charge >= 0.3 is 0 Å². The molecule has 0 aliphatic heterocycles. The fourth-order valence-corrected chi connectivity index (χ4v) is 5.19. The fourth-order valence-electron chi connectivity index (χ4n) is 3.81. The topological polar surface area (TPSA) is 23.6 Å². The predicted octanol–water partition coefficient (Wildman–Crippen LogP) is 6.13. The first kappa shape index (κ1) is 21.8. The molecule has 0 atom stereocenters. The van der Waals surface area contributed by atoms with Crippen LogP contribution >= 0.6 is 0 Å². The zero-order valence-corrected chi connectivity index (χ0v) is 19.3. The minimum atomic E-state index is -1.27. The van der Waals surface area contributed by atoms with Crippen molar-refractivity contribution in [3.63, 3.8) is 0 Å². The maximum atomic E-state index is 13.8. The van der Waals surface area contributed by atoms with Crippen molar-refractivity contribution in [3.8, 4) is 0 Å². The van der Waals surface area contributed by atoms with Crippen molar-refractivity contribution >= 4 is 22.2 Å². The maximum absolute atomic E-state index is 13.8. The molecule has 0 N–H and O–H groups in total. The van der Waals surface area contributed by atoms with Crippen LogP contribution in [0.1, 0.15) is 11.1 Å². The Balaban J connectivity index is 1.60. The molecule has 0 fully saturated rings. The van der Waals surface area contributed by atoms with E-state index < -0.39 is 10.8 Å². The molecule has 0 saturated carbocycles. The summed E-state index contributed by atoms with van der Waals surface area (Å²) in [5, 5.41) is 0. The third-order valence-electron chi connectivity index (χ3n) is 5.55. The minimum Gasteiger partial charge on any atom is -0.370 e. The van der Waals surface area contributed by atoms with Gasteiger partial charge in [0.1, 0.15) is 0 Å². The summed E-state index contributed by atoms with van der Waals surface area (Å²) in [5.74, 6) is 0. The Labute approximate surface area is 193 Å². The van der Waals surface area contributed by atoms with Crippen molar-refractivity contribution in [3.05, 3.63) is 120 Å². The van der Waals surface area contributed by atoms with Crippen molar-refractivity contribution in [1.29, 1.82) is 0 Å². The maximum Gasteiger partial charge on any atom is 0.0856 e. The van der Waals surface area contributed by atoms with Crippen molar-refractivity contribution in [2.75, 3.05) is 23.9 Å². The van der Waals surface area contributed by atoms with E-state index in [1.165, 1.54) is 0 Å². The molecule has 32 heavy (non-hydrogen) atoms. The van der Waals surface area contributed by atoms with E-state index in [1.807, 2.05) is 72.8 Å². The summed E-state index contributed by atoms with van der Waals surface area (Å²) in [5.41, 5.74) is 4.42. The number of rotatable bonds is 8. The summed E-state index contributed by atoms with van der Waals surface area (Å²) in [4.78, 5) is 6.10. The van der Waals surface area contributed by atoms with E-state index in [4.69, 9.17) is 0 Å². The van der Waals surface area contributed by atoms with Gasteiger partial charge in [0.2, 0.25) is 0 Å². The molecule has 0 aliphatic rings. The Morgan fingerprint density at radius 3 is 1.28 bits per heavy atom. The summed E-state index contributed by atoms with van der Waals surface area (Å²) < 4.78 is 13.8. The summed E-state index contributed by atoms with van der Waals surface area (Å²) in [6, 6.07) is 36.7. The molecule has 162 valence electrons. The highest BCUT2D eigenvalue weighted by molar-refractivity contribution is 7.85. The molecular formula is C28H28N2OS. The lowest BCUT2D eigenvalue weighted by molar-refractivity contribution is 0.680. The molecule has 4 rings (SSSR count). The van der Waals surface area contributed by atoms with Gasteiger partial charge in [0.15, 0.2) is 0 Å². The van der Waals surface area contributed by atoms with Crippen LogP contribution in [0.4, 0.5) is 11.4 Å². The fraction of sp³-hybridized carbons (Fsp3) is 0.143. The van der Waals surface area contributed by atoms with Crippen molar-refractivity contribution in [2.45, 2.75) is 22.9 Å². The van der Waals surface area contributed by atoms with Crippen LogP contribution in [0.3, 0.4) is 0 Å². The van der Waals surface area contributed by atoms with E-state index in [2.05, 4.69) is 60.3 Å². The normalized spacial score (nSPS) is 10.8. The van der Waals surface area contributed by atoms with Gasteiger partial charge in [-0.1, -0.05) is 72.8 Å². The zero-order valence-electron chi connectivity index (χ0n) is 18.5. The average molecular weight is 441 g/mol. The second-order valence-electron chi connectivity index (χ2n) is 7.87. The van der Waals surface area contributed by atoms with Gasteiger partial charge in [-0.15, -0.1) is 0 Å². The summed E-state index contributed by atoms with van der Waals surface area (Å²) in [6.07, 6.45) is 0. The van der Waals surface area contributed by atoms with Crippen LogP contribution in [-0.4, -0.2) is 18.3 Å². The molecule has 0 radical (unpaired) electrons. The van der Waals surface area contributed by atoms with Crippen LogP contribution in [0.15, 0.2) is 119 Å². The van der Waals surface area contributed by atoms with Crippen LogP contribution in [0, 0.1) is 0 Å². The molecule has 0 bridgehead atoms. The molecule has 0 spiro atoms. The van der Waals surface area contributed by atoms with Gasteiger partial charge in [0.05, 0.1) is 10.8 Å². The smallest absolute Gasteiger partial charge is 0.0856 e. The lowest BCUT2D eigenvalue weighted by Crippen LogP contribution is -2.19. The summed E-state index contributed by atoms with van der Waals surface area (Å²) >= 11 is 0. The number of nitrogens with zero attached hydrogens (tertiary/aromatic N) is 2. The molecule has 0 unspecified atom stereocenters. The first-order valence-electron chi connectivity index (χ1n) is 10.7. The lowest BCUT2D eigenvalue weighted by atomic mass is 10.2. The highest BCUT2D eigenvalue weighted by atomic mass is 32.2. The molecule has 4 aromatic carbocycles. The Morgan fingerprint density at radius 2 is 0.875 bits per heavy atom. The quantitative estimate of drug-likeness (QED) is 0.329. The largest absolute Gasteiger partial charge is 0.370 e. The molecule has 3 nitrogen and oxygen atoms in total. The predicted molar refractivity (Wildman–Crippen MR) is 135 cm³/mol. The van der Waals surface area contributed by atoms with Gasteiger partial charge in [-0.25, -0.2) is 4.21 Å². The van der Waals surface area contributed by atoms with Crippen LogP contribution < -0.4 is 9.80 Å². The van der Waals surface area contributed by atoms with Gasteiger partial charge in [0, 0.05) is 48.4 Å². The number of anilines is 2. The SMILES string of the molecule is CN(Cc1ccccc1S(=O)c1ccccc1CN(C)c1ccccc1)c1ccccc1. The van der Waals surface area contributed by atoms with Crippen molar-refractivity contribution in [2.24, 2.45) is 0 Å². The van der Waals surface area contributed by atoms with Crippen LogP contribution in [0.2, 0.25) is 0 Å². The van der Waals surface area contributed by atoms with E-state index in [1.54, 1.807) is 0 Å². The first-order chi connectivity index (χ1) is 15.6. The van der Waals surface area contributed by atoms with Crippen molar-refractivity contribution < 1.29 is 4.21 Å². The lowest BCUT2D eigenvalue weighted by Gasteiger charge is -2.22. The third kappa shape index (κ3) is 5.09. The molecule has 4 heteroatoms. The standard InChI is InChI=1S/C28H28N2OS/c1-29(25-15-5-3-6-16-25)21-23-13-9-11-19-27(23)32(31)28-20-12-10-14-24(28)22-30(2)26-17-7-4-8-18-26/h3-20H,21-22H2,1-2H3. The highest BCUT2D eigenvalue weighted by Crippen LogP contribution is 2.27. The van der Waals surface area contributed by atoms with E-state index in [0.29, 0.717) is 13.1 Å². The molecule has 0 aliphatic carbocycles. The van der Waals surface area contributed by atoms with E-state index in [-0.39, 0.29) is 0 Å². The van der Waals surface area contributed by atoms with Gasteiger partial charge in [-0.05, 0) is 47.5 Å². The van der Waals surface area contributed by atoms with Crippen molar-refractivity contribution in [1.82, 2.24) is 0 Å². The Bertz CT molecular complexity index is 1090. The highest BCUT2D eigenvalue weighted by Gasteiger charge is 2.17. The van der Waals surface area contributed by atoms with Gasteiger partial charge < -0.3 is 9.80 Å². The molecule has 0 amide bonds. The van der Waals surface area contributed by atoms with E-state index in [0.717, 1.165) is 32.3 Å². The Kier molecular flexibility index (Phi) is 7.03. The molecule has 0 heterocycles. The second kappa shape index (κ2) is 10.3. The van der Waals surface area contributed by atoms with Crippen LogP contribution in [0.25, 0.3) is 0 Å². The zero-order chi connectivity index (χ0) is 22.3. The number of hydrogen-bond acceptors (Lipinski definition) is 3. The van der Waals surface area contributed by atoms with Gasteiger partial charge in [0.25, 0.3) is 0 Å². The Morgan fingerprint density at radius 1 is 0.531 bits per heavy atom. The van der Waals surface area contributed by atoms with E-state index >= 15 is 0 Å². The first-order valence-corrected chi connectivity index (χ1v) is 11.9. The number of benzene rings is 4. The van der Waals surface area contributed by atoms with Gasteiger partial charge in [-0.3, -0.25) is 0 Å². The molecule has 0 aromatic heterocycles. The number of para-hydroxylation sites is 2. The molecule has 4 aromatic rings. The second-order valence-corrected chi connectivity index (χ2v) is 9.28. The van der Waals surface area contributed by atoms with Crippen LogP contribution in [0.5, 0.6) is 0 Å². The van der Waals surface area contributed by atoms with E-state index in [9.17, 15) is 4.21 Å². The Hall–Kier alpha value is -3.37. The monoisotopic (exact) mass is 440 g/mol. The van der Waals surface area contributed by atoms with Crippen LogP contribution in [-0.2, 0) is 23.9 Å². The molecule has 0 saturated heterocycles. The summed E-state index contributed by atoms with van der Waals surface area (Å²) in [6.45, 7) is 1.38. The number of hydrogen-bond donors (Lipinski definition) is 0. The average Bonchev–Trinajstić information content (AvgIpc) is 2.85. The third-order valence-corrected chi connectivity index (χ3v) is 7.15. The molecular weight excluding hydrogens is 412 g/mol. The summed E-state index contributed by atoms with van der Waals surface area (Å²) in [7, 11) is 2.87. The van der Waals surface area contributed by atoms with Gasteiger partial charge in [-0.2, -0.15) is 0 Å².